The van der Waals surface area contributed by atoms with E-state index in [1.54, 1.807) is 6.07 Å². The van der Waals surface area contributed by atoms with E-state index in [0.717, 1.165) is 5.56 Å². The minimum atomic E-state index is 0.0297. The van der Waals surface area contributed by atoms with Crippen LogP contribution in [0.15, 0.2) is 24.3 Å². The summed E-state index contributed by atoms with van der Waals surface area (Å²) in [5, 5.41) is 7.61. The smallest absolute Gasteiger partial charge is 0.117 e. The molecule has 4 heteroatoms. The number of hydrogen-bond donors (Lipinski definition) is 2. The van der Waals surface area contributed by atoms with Crippen molar-refractivity contribution in [1.82, 2.24) is 0 Å². The van der Waals surface area contributed by atoms with Crippen molar-refractivity contribution in [3.05, 3.63) is 34.9 Å². The molecule has 1 rings (SSSR count). The number of nitrogens with one attached hydrogen (secondary N) is 1. The summed E-state index contributed by atoms with van der Waals surface area (Å²) in [4.78, 5) is 0. The highest BCUT2D eigenvalue weighted by Gasteiger charge is 1.95. The Morgan fingerprint density at radius 3 is 2.92 bits per heavy atom. The molecule has 0 bridgehead atoms. The van der Waals surface area contributed by atoms with Gasteiger partial charge < -0.3 is 10.5 Å². The molecule has 0 spiro atoms. The predicted octanol–water partition coefficient (Wildman–Crippen LogP) is 1.79. The van der Waals surface area contributed by atoms with Gasteiger partial charge in [-0.1, -0.05) is 23.7 Å². The summed E-state index contributed by atoms with van der Waals surface area (Å²) >= 11 is 5.76. The van der Waals surface area contributed by atoms with E-state index in [1.807, 2.05) is 18.2 Å². The van der Waals surface area contributed by atoms with Gasteiger partial charge in [0, 0.05) is 5.02 Å². The van der Waals surface area contributed by atoms with Crippen molar-refractivity contribution in [2.24, 2.45) is 5.73 Å². The standard InChI is InChI=1S/C9H11ClN2O/c10-8-3-1-2-7(4-8)5-13-6-9(11)12/h1-4H,5-6H2,(H3,11,12). The van der Waals surface area contributed by atoms with Crippen LogP contribution < -0.4 is 5.73 Å². The maximum atomic E-state index is 6.93. The van der Waals surface area contributed by atoms with Crippen molar-refractivity contribution in [3.63, 3.8) is 0 Å². The minimum absolute atomic E-state index is 0.0297. The number of rotatable bonds is 4. The summed E-state index contributed by atoms with van der Waals surface area (Å²) in [7, 11) is 0. The molecule has 0 aromatic heterocycles. The van der Waals surface area contributed by atoms with E-state index in [9.17, 15) is 0 Å². The lowest BCUT2D eigenvalue weighted by Crippen LogP contribution is -2.16. The molecule has 70 valence electrons. The molecule has 0 aliphatic heterocycles. The molecule has 0 radical (unpaired) electrons. The zero-order valence-electron chi connectivity index (χ0n) is 7.09. The molecule has 13 heavy (non-hydrogen) atoms. The van der Waals surface area contributed by atoms with E-state index < -0.39 is 0 Å². The van der Waals surface area contributed by atoms with E-state index in [1.165, 1.54) is 0 Å². The van der Waals surface area contributed by atoms with Crippen LogP contribution in [0.2, 0.25) is 5.02 Å². The molecule has 0 saturated heterocycles. The van der Waals surface area contributed by atoms with Crippen molar-refractivity contribution in [1.29, 1.82) is 5.41 Å². The van der Waals surface area contributed by atoms with E-state index >= 15 is 0 Å². The first-order chi connectivity index (χ1) is 6.18. The first-order valence-corrected chi connectivity index (χ1v) is 4.21. The lowest BCUT2D eigenvalue weighted by Gasteiger charge is -2.02. The molecular formula is C9H11ClN2O. The van der Waals surface area contributed by atoms with E-state index in [4.69, 9.17) is 27.5 Å². The molecule has 0 aliphatic rings. The Bertz CT molecular complexity index is 301. The second kappa shape index (κ2) is 4.84. The van der Waals surface area contributed by atoms with Gasteiger partial charge in [0.1, 0.15) is 12.4 Å². The summed E-state index contributed by atoms with van der Waals surface area (Å²) in [6.45, 7) is 0.590. The molecule has 3 nitrogen and oxygen atoms in total. The Balaban J connectivity index is 2.41. The quantitative estimate of drug-likeness (QED) is 0.573. The highest BCUT2D eigenvalue weighted by Crippen LogP contribution is 2.11. The Labute approximate surface area is 82.0 Å². The summed E-state index contributed by atoms with van der Waals surface area (Å²) < 4.78 is 5.13. The zero-order valence-corrected chi connectivity index (χ0v) is 7.84. The molecule has 3 N–H and O–H groups in total. The monoisotopic (exact) mass is 198 g/mol. The number of hydrogen-bond acceptors (Lipinski definition) is 2. The van der Waals surface area contributed by atoms with Crippen LogP contribution in [0.4, 0.5) is 0 Å². The summed E-state index contributed by atoms with van der Waals surface area (Å²) in [5.41, 5.74) is 6.10. The van der Waals surface area contributed by atoms with Crippen molar-refractivity contribution in [3.8, 4) is 0 Å². The first kappa shape index (κ1) is 10.0. The molecule has 1 aromatic rings. The molecule has 0 heterocycles. The van der Waals surface area contributed by atoms with Gasteiger partial charge in [-0.25, -0.2) is 0 Å². The number of amidine groups is 1. The first-order valence-electron chi connectivity index (χ1n) is 3.83. The topological polar surface area (TPSA) is 59.1 Å². The maximum absolute atomic E-state index is 6.93. The van der Waals surface area contributed by atoms with Crippen LogP contribution in [-0.2, 0) is 11.3 Å². The van der Waals surface area contributed by atoms with Crippen molar-refractivity contribution in [2.45, 2.75) is 6.61 Å². The third-order valence-corrected chi connectivity index (χ3v) is 1.65. The van der Waals surface area contributed by atoms with Gasteiger partial charge in [-0.15, -0.1) is 0 Å². The number of nitrogens with two attached hydrogens (primary N) is 1. The van der Waals surface area contributed by atoms with Crippen molar-refractivity contribution >= 4 is 17.4 Å². The van der Waals surface area contributed by atoms with E-state index in [-0.39, 0.29) is 12.4 Å². The molecule has 0 fully saturated rings. The van der Waals surface area contributed by atoms with Crippen LogP contribution in [0.25, 0.3) is 0 Å². The van der Waals surface area contributed by atoms with Crippen LogP contribution in [-0.4, -0.2) is 12.4 Å². The third-order valence-electron chi connectivity index (χ3n) is 1.42. The average molecular weight is 199 g/mol. The SMILES string of the molecule is N=C(N)COCc1cccc(Cl)c1. The zero-order chi connectivity index (χ0) is 9.68. The van der Waals surface area contributed by atoms with Gasteiger partial charge in [-0.05, 0) is 17.7 Å². The van der Waals surface area contributed by atoms with Crippen LogP contribution in [0, 0.1) is 5.41 Å². The van der Waals surface area contributed by atoms with Gasteiger partial charge in [0.2, 0.25) is 0 Å². The molecule has 0 unspecified atom stereocenters. The second-order valence-corrected chi connectivity index (χ2v) is 3.08. The van der Waals surface area contributed by atoms with E-state index in [2.05, 4.69) is 0 Å². The lowest BCUT2D eigenvalue weighted by atomic mass is 10.2. The number of benzene rings is 1. The number of halogens is 1. The lowest BCUT2D eigenvalue weighted by molar-refractivity contribution is 0.157. The molecule has 0 aliphatic carbocycles. The van der Waals surface area contributed by atoms with Gasteiger partial charge in [-0.2, -0.15) is 0 Å². The Morgan fingerprint density at radius 1 is 1.54 bits per heavy atom. The van der Waals surface area contributed by atoms with Crippen LogP contribution in [0.1, 0.15) is 5.56 Å². The fraction of sp³-hybridized carbons (Fsp3) is 0.222. The highest BCUT2D eigenvalue weighted by atomic mass is 35.5. The van der Waals surface area contributed by atoms with Gasteiger partial charge in [0.15, 0.2) is 0 Å². The van der Waals surface area contributed by atoms with E-state index in [0.29, 0.717) is 11.6 Å². The maximum Gasteiger partial charge on any atom is 0.117 e. The Hall–Kier alpha value is -1.06. The molecule has 0 saturated carbocycles. The molecule has 1 aromatic carbocycles. The Morgan fingerprint density at radius 2 is 2.31 bits per heavy atom. The molecular weight excluding hydrogens is 188 g/mol. The van der Waals surface area contributed by atoms with Crippen LogP contribution in [0.5, 0.6) is 0 Å². The predicted molar refractivity (Wildman–Crippen MR) is 53.0 cm³/mol. The second-order valence-electron chi connectivity index (χ2n) is 2.65. The van der Waals surface area contributed by atoms with Crippen LogP contribution in [0.3, 0.4) is 0 Å². The summed E-state index contributed by atoms with van der Waals surface area (Å²) in [5.74, 6) is 0.0297. The average Bonchev–Trinajstić information content (AvgIpc) is 2.03. The van der Waals surface area contributed by atoms with Gasteiger partial charge in [0.25, 0.3) is 0 Å². The Kier molecular flexibility index (Phi) is 3.73. The normalized spacial score (nSPS) is 9.92. The summed E-state index contributed by atoms with van der Waals surface area (Å²) in [6.07, 6.45) is 0. The van der Waals surface area contributed by atoms with Crippen molar-refractivity contribution < 1.29 is 4.74 Å². The molecule has 0 atom stereocenters. The minimum Gasteiger partial charge on any atom is -0.386 e. The largest absolute Gasteiger partial charge is 0.386 e. The fourth-order valence-corrected chi connectivity index (χ4v) is 1.12. The number of ether oxygens (including phenoxy) is 1. The molecule has 0 amide bonds. The van der Waals surface area contributed by atoms with Gasteiger partial charge in [-0.3, -0.25) is 5.41 Å². The fourth-order valence-electron chi connectivity index (χ4n) is 0.906. The third kappa shape index (κ3) is 3.92. The summed E-state index contributed by atoms with van der Waals surface area (Å²) in [6, 6.07) is 7.39. The highest BCUT2D eigenvalue weighted by molar-refractivity contribution is 6.30. The van der Waals surface area contributed by atoms with Crippen molar-refractivity contribution in [2.75, 3.05) is 6.61 Å². The van der Waals surface area contributed by atoms with Gasteiger partial charge in [0.05, 0.1) is 6.61 Å². The van der Waals surface area contributed by atoms with Gasteiger partial charge >= 0.3 is 0 Å². The van der Waals surface area contributed by atoms with Crippen LogP contribution >= 0.6 is 11.6 Å².